The SMILES string of the molecule is Cc1cnc(C(C)NC(C)C(C)C)s1. The van der Waals surface area contributed by atoms with Gasteiger partial charge in [-0.15, -0.1) is 11.3 Å². The first-order valence-electron chi connectivity index (χ1n) is 5.19. The Bertz CT molecular complexity index is 281. The summed E-state index contributed by atoms with van der Waals surface area (Å²) >= 11 is 1.78. The highest BCUT2D eigenvalue weighted by Gasteiger charge is 2.14. The summed E-state index contributed by atoms with van der Waals surface area (Å²) in [6, 6.07) is 0.903. The van der Waals surface area contributed by atoms with Gasteiger partial charge in [-0.05, 0) is 26.7 Å². The molecule has 0 radical (unpaired) electrons. The van der Waals surface area contributed by atoms with Crippen LogP contribution in [-0.4, -0.2) is 11.0 Å². The molecule has 2 nitrogen and oxygen atoms in total. The van der Waals surface area contributed by atoms with Gasteiger partial charge in [-0.1, -0.05) is 13.8 Å². The van der Waals surface area contributed by atoms with Crippen molar-refractivity contribution in [2.75, 3.05) is 0 Å². The molecular weight excluding hydrogens is 192 g/mol. The van der Waals surface area contributed by atoms with Gasteiger partial charge in [0.1, 0.15) is 5.01 Å². The van der Waals surface area contributed by atoms with Crippen molar-refractivity contribution in [3.63, 3.8) is 0 Å². The number of thiazole rings is 1. The van der Waals surface area contributed by atoms with E-state index in [1.165, 1.54) is 9.88 Å². The van der Waals surface area contributed by atoms with E-state index in [2.05, 4.69) is 44.9 Å². The summed E-state index contributed by atoms with van der Waals surface area (Å²) in [5, 5.41) is 4.75. The molecule has 0 aliphatic rings. The highest BCUT2D eigenvalue weighted by Crippen LogP contribution is 2.20. The fraction of sp³-hybridized carbons (Fsp3) is 0.727. The Balaban J connectivity index is 2.54. The van der Waals surface area contributed by atoms with Gasteiger partial charge in [0.2, 0.25) is 0 Å². The molecule has 1 heterocycles. The Morgan fingerprint density at radius 2 is 1.93 bits per heavy atom. The van der Waals surface area contributed by atoms with E-state index in [1.807, 2.05) is 6.20 Å². The number of hydrogen-bond acceptors (Lipinski definition) is 3. The average Bonchev–Trinajstić information content (AvgIpc) is 2.51. The maximum atomic E-state index is 4.38. The topological polar surface area (TPSA) is 24.9 Å². The van der Waals surface area contributed by atoms with Crippen molar-refractivity contribution in [2.24, 2.45) is 5.92 Å². The van der Waals surface area contributed by atoms with Gasteiger partial charge in [0.25, 0.3) is 0 Å². The minimum absolute atomic E-state index is 0.367. The van der Waals surface area contributed by atoms with E-state index in [-0.39, 0.29) is 0 Å². The predicted octanol–water partition coefficient (Wildman–Crippen LogP) is 3.15. The molecular formula is C11H20N2S. The lowest BCUT2D eigenvalue weighted by Gasteiger charge is -2.21. The predicted molar refractivity (Wildman–Crippen MR) is 62.7 cm³/mol. The molecule has 2 unspecified atom stereocenters. The van der Waals surface area contributed by atoms with Gasteiger partial charge >= 0.3 is 0 Å². The maximum Gasteiger partial charge on any atom is 0.109 e. The standard InChI is InChI=1S/C11H20N2S/c1-7(2)9(4)13-10(5)11-12-6-8(3)14-11/h6-7,9-10,13H,1-5H3. The summed E-state index contributed by atoms with van der Waals surface area (Å²) < 4.78 is 0. The van der Waals surface area contributed by atoms with Gasteiger partial charge < -0.3 is 5.32 Å². The van der Waals surface area contributed by atoms with Crippen molar-refractivity contribution in [3.8, 4) is 0 Å². The van der Waals surface area contributed by atoms with Crippen LogP contribution in [0.4, 0.5) is 0 Å². The first kappa shape index (κ1) is 11.7. The largest absolute Gasteiger partial charge is 0.305 e. The molecule has 1 aromatic rings. The monoisotopic (exact) mass is 212 g/mol. The molecule has 0 amide bonds. The van der Waals surface area contributed by atoms with Gasteiger partial charge in [0, 0.05) is 17.1 Å². The Morgan fingerprint density at radius 1 is 1.29 bits per heavy atom. The smallest absolute Gasteiger partial charge is 0.109 e. The first-order valence-corrected chi connectivity index (χ1v) is 6.00. The van der Waals surface area contributed by atoms with Gasteiger partial charge in [0.05, 0.1) is 6.04 Å². The third kappa shape index (κ3) is 3.07. The minimum atomic E-state index is 0.367. The van der Waals surface area contributed by atoms with Crippen molar-refractivity contribution in [2.45, 2.75) is 46.7 Å². The molecule has 0 fully saturated rings. The van der Waals surface area contributed by atoms with Gasteiger partial charge in [-0.25, -0.2) is 4.98 Å². The quantitative estimate of drug-likeness (QED) is 0.829. The molecule has 80 valence electrons. The summed E-state index contributed by atoms with van der Waals surface area (Å²) in [5.41, 5.74) is 0. The van der Waals surface area contributed by atoms with E-state index in [0.29, 0.717) is 18.0 Å². The van der Waals surface area contributed by atoms with E-state index in [4.69, 9.17) is 0 Å². The van der Waals surface area contributed by atoms with Crippen LogP contribution >= 0.6 is 11.3 Å². The van der Waals surface area contributed by atoms with Crippen molar-refractivity contribution < 1.29 is 0 Å². The Morgan fingerprint density at radius 3 is 2.36 bits per heavy atom. The Labute approximate surface area is 90.8 Å². The molecule has 1 aromatic heterocycles. The number of nitrogens with zero attached hydrogens (tertiary/aromatic N) is 1. The molecule has 0 aliphatic carbocycles. The first-order chi connectivity index (χ1) is 6.50. The molecule has 3 heteroatoms. The fourth-order valence-corrected chi connectivity index (χ4v) is 2.02. The molecule has 1 N–H and O–H groups in total. The lowest BCUT2D eigenvalue weighted by atomic mass is 10.1. The molecule has 0 spiro atoms. The van der Waals surface area contributed by atoms with Gasteiger partial charge in [-0.2, -0.15) is 0 Å². The zero-order valence-corrected chi connectivity index (χ0v) is 10.5. The Hall–Kier alpha value is -0.410. The second-order valence-electron chi connectivity index (χ2n) is 4.23. The van der Waals surface area contributed by atoms with Crippen LogP contribution in [0, 0.1) is 12.8 Å². The number of aryl methyl sites for hydroxylation is 1. The third-order valence-corrected chi connectivity index (χ3v) is 3.62. The van der Waals surface area contributed by atoms with Crippen LogP contribution in [-0.2, 0) is 0 Å². The van der Waals surface area contributed by atoms with E-state index in [1.54, 1.807) is 11.3 Å². The summed E-state index contributed by atoms with van der Waals surface area (Å²) in [7, 11) is 0. The highest BCUT2D eigenvalue weighted by molar-refractivity contribution is 7.11. The number of nitrogens with one attached hydrogen (secondary N) is 1. The van der Waals surface area contributed by atoms with Crippen molar-refractivity contribution in [1.82, 2.24) is 10.3 Å². The molecule has 0 saturated carbocycles. The van der Waals surface area contributed by atoms with E-state index >= 15 is 0 Å². The van der Waals surface area contributed by atoms with E-state index < -0.39 is 0 Å². The zero-order chi connectivity index (χ0) is 10.7. The average molecular weight is 212 g/mol. The van der Waals surface area contributed by atoms with Crippen molar-refractivity contribution in [1.29, 1.82) is 0 Å². The lowest BCUT2D eigenvalue weighted by Crippen LogP contribution is -2.32. The van der Waals surface area contributed by atoms with Crippen LogP contribution in [0.2, 0.25) is 0 Å². The molecule has 0 aromatic carbocycles. The second kappa shape index (κ2) is 4.89. The molecule has 0 saturated heterocycles. The van der Waals surface area contributed by atoms with Crippen LogP contribution < -0.4 is 5.32 Å². The van der Waals surface area contributed by atoms with Crippen LogP contribution in [0.1, 0.15) is 43.6 Å². The summed E-state index contributed by atoms with van der Waals surface area (Å²) in [6.45, 7) is 11.0. The third-order valence-electron chi connectivity index (χ3n) is 2.52. The van der Waals surface area contributed by atoms with Gasteiger partial charge in [0.15, 0.2) is 0 Å². The zero-order valence-electron chi connectivity index (χ0n) is 9.66. The Kier molecular flexibility index (Phi) is 4.08. The van der Waals surface area contributed by atoms with Crippen LogP contribution in [0.25, 0.3) is 0 Å². The minimum Gasteiger partial charge on any atom is -0.305 e. The van der Waals surface area contributed by atoms with E-state index in [9.17, 15) is 0 Å². The number of aromatic nitrogens is 1. The molecule has 1 rings (SSSR count). The van der Waals surface area contributed by atoms with Crippen molar-refractivity contribution in [3.05, 3.63) is 16.1 Å². The summed E-state index contributed by atoms with van der Waals surface area (Å²) in [4.78, 5) is 5.67. The van der Waals surface area contributed by atoms with Crippen LogP contribution in [0.15, 0.2) is 6.20 Å². The molecule has 2 atom stereocenters. The summed E-state index contributed by atoms with van der Waals surface area (Å²) in [6.07, 6.45) is 1.94. The summed E-state index contributed by atoms with van der Waals surface area (Å²) in [5.74, 6) is 0.665. The molecule has 0 bridgehead atoms. The number of hydrogen-bond donors (Lipinski definition) is 1. The van der Waals surface area contributed by atoms with Gasteiger partial charge in [-0.3, -0.25) is 0 Å². The lowest BCUT2D eigenvalue weighted by molar-refractivity contribution is 0.388. The van der Waals surface area contributed by atoms with Crippen LogP contribution in [0.5, 0.6) is 0 Å². The normalized spacial score (nSPS) is 15.9. The molecule has 14 heavy (non-hydrogen) atoms. The van der Waals surface area contributed by atoms with Crippen LogP contribution in [0.3, 0.4) is 0 Å². The van der Waals surface area contributed by atoms with Crippen molar-refractivity contribution >= 4 is 11.3 Å². The fourth-order valence-electron chi connectivity index (χ4n) is 1.23. The second-order valence-corrected chi connectivity index (χ2v) is 5.50. The highest BCUT2D eigenvalue weighted by atomic mass is 32.1. The van der Waals surface area contributed by atoms with E-state index in [0.717, 1.165) is 0 Å². The maximum absolute atomic E-state index is 4.38. The number of rotatable bonds is 4. The molecule has 0 aliphatic heterocycles.